The molecular formula is C23H25FN2O6. The van der Waals surface area contributed by atoms with Crippen molar-refractivity contribution in [2.45, 2.75) is 46.1 Å². The van der Waals surface area contributed by atoms with Crippen LogP contribution in [0.2, 0.25) is 0 Å². The largest absolute Gasteiger partial charge is 0.462 e. The molecule has 1 aromatic heterocycles. The molecule has 1 atom stereocenters. The van der Waals surface area contributed by atoms with E-state index in [4.69, 9.17) is 9.47 Å². The maximum Gasteiger partial charge on any atom is 0.355 e. The summed E-state index contributed by atoms with van der Waals surface area (Å²) < 4.78 is 23.7. The van der Waals surface area contributed by atoms with E-state index in [1.807, 2.05) is 0 Å². The molecule has 1 N–H and O–H groups in total. The molecule has 32 heavy (non-hydrogen) atoms. The van der Waals surface area contributed by atoms with E-state index in [2.05, 4.69) is 4.98 Å². The van der Waals surface area contributed by atoms with Gasteiger partial charge in [0, 0.05) is 17.8 Å². The van der Waals surface area contributed by atoms with Gasteiger partial charge in [-0.3, -0.25) is 14.5 Å². The Bertz CT molecular complexity index is 1040. The fourth-order valence-corrected chi connectivity index (χ4v) is 3.72. The first-order valence-corrected chi connectivity index (χ1v) is 10.4. The molecule has 1 fully saturated rings. The molecule has 2 amide bonds. The highest BCUT2D eigenvalue weighted by Gasteiger charge is 2.35. The van der Waals surface area contributed by atoms with Gasteiger partial charge in [0.1, 0.15) is 11.5 Å². The Kier molecular flexibility index (Phi) is 7.07. The van der Waals surface area contributed by atoms with Crippen LogP contribution in [0.25, 0.3) is 0 Å². The average Bonchev–Trinajstić information content (AvgIpc) is 2.94. The molecule has 0 radical (unpaired) electrons. The number of halogens is 1. The predicted octanol–water partition coefficient (Wildman–Crippen LogP) is 3.33. The maximum absolute atomic E-state index is 13.2. The number of aryl methyl sites for hydroxylation is 1. The van der Waals surface area contributed by atoms with Crippen molar-refractivity contribution >= 4 is 23.8 Å². The minimum atomic E-state index is -1.15. The lowest BCUT2D eigenvalue weighted by atomic mass is 10.1. The van der Waals surface area contributed by atoms with Crippen LogP contribution < -0.4 is 0 Å². The van der Waals surface area contributed by atoms with E-state index in [-0.39, 0.29) is 36.4 Å². The van der Waals surface area contributed by atoms with Gasteiger partial charge >= 0.3 is 11.9 Å². The lowest BCUT2D eigenvalue weighted by Gasteiger charge is -2.22. The number of nitrogens with one attached hydrogen (secondary N) is 1. The molecule has 8 nitrogen and oxygen atoms in total. The highest BCUT2D eigenvalue weighted by Crippen LogP contribution is 2.23. The van der Waals surface area contributed by atoms with Gasteiger partial charge in [-0.15, -0.1) is 0 Å². The van der Waals surface area contributed by atoms with E-state index in [0.717, 1.165) is 17.0 Å². The fraction of sp³-hybridized carbons (Fsp3) is 0.391. The number of likely N-dealkylation sites (tertiary alicyclic amines) is 1. The van der Waals surface area contributed by atoms with Gasteiger partial charge in [0.2, 0.25) is 0 Å². The van der Waals surface area contributed by atoms with E-state index in [0.29, 0.717) is 24.1 Å². The van der Waals surface area contributed by atoms with Gasteiger partial charge in [0.05, 0.1) is 12.2 Å². The standard InChI is InChI=1S/C23H25FN2O6/c1-4-31-22(29)18-13(2)19(25-14(18)3)23(30)32-17-7-5-6-12-26(21(17)28)20(27)15-8-10-16(24)11-9-15/h8-11,17,25H,4-7,12H2,1-3H3/t17-/m1/s1. The second-order valence-electron chi connectivity index (χ2n) is 7.54. The molecule has 0 unspecified atom stereocenters. The third kappa shape index (κ3) is 4.71. The van der Waals surface area contributed by atoms with Gasteiger partial charge < -0.3 is 14.5 Å². The quantitative estimate of drug-likeness (QED) is 0.560. The molecule has 1 saturated heterocycles. The SMILES string of the molecule is CCOC(=O)c1c(C)[nH]c(C(=O)O[C@@H]2CCCCN(C(=O)c3ccc(F)cc3)C2=O)c1C. The zero-order valence-electron chi connectivity index (χ0n) is 18.2. The summed E-state index contributed by atoms with van der Waals surface area (Å²) in [7, 11) is 0. The van der Waals surface area contributed by atoms with Crippen LogP contribution in [-0.4, -0.2) is 52.9 Å². The van der Waals surface area contributed by atoms with Crippen molar-refractivity contribution in [2.75, 3.05) is 13.2 Å². The smallest absolute Gasteiger partial charge is 0.355 e. The number of benzene rings is 1. The van der Waals surface area contributed by atoms with E-state index >= 15 is 0 Å². The van der Waals surface area contributed by atoms with E-state index < -0.39 is 35.7 Å². The average molecular weight is 444 g/mol. The number of amides is 2. The molecule has 170 valence electrons. The van der Waals surface area contributed by atoms with Crippen LogP contribution in [0.5, 0.6) is 0 Å². The van der Waals surface area contributed by atoms with Crippen molar-refractivity contribution in [3.05, 3.63) is 58.2 Å². The zero-order chi connectivity index (χ0) is 23.4. The third-order valence-electron chi connectivity index (χ3n) is 5.35. The Hall–Kier alpha value is -3.49. The van der Waals surface area contributed by atoms with Gasteiger partial charge in [0.15, 0.2) is 6.10 Å². The van der Waals surface area contributed by atoms with Crippen LogP contribution in [0, 0.1) is 19.7 Å². The summed E-state index contributed by atoms with van der Waals surface area (Å²) in [5, 5.41) is 0. The van der Waals surface area contributed by atoms with Crippen molar-refractivity contribution in [1.82, 2.24) is 9.88 Å². The monoisotopic (exact) mass is 444 g/mol. The zero-order valence-corrected chi connectivity index (χ0v) is 18.2. The van der Waals surface area contributed by atoms with Gasteiger partial charge in [-0.05, 0) is 69.9 Å². The summed E-state index contributed by atoms with van der Waals surface area (Å²) in [5.74, 6) is -3.05. The molecule has 1 aliphatic heterocycles. The summed E-state index contributed by atoms with van der Waals surface area (Å²) >= 11 is 0. The second-order valence-corrected chi connectivity index (χ2v) is 7.54. The summed E-state index contributed by atoms with van der Waals surface area (Å²) in [6, 6.07) is 4.90. The van der Waals surface area contributed by atoms with Crippen molar-refractivity contribution in [3.8, 4) is 0 Å². The molecule has 2 heterocycles. The van der Waals surface area contributed by atoms with Gasteiger partial charge in [-0.1, -0.05) is 0 Å². The molecule has 1 aliphatic rings. The van der Waals surface area contributed by atoms with Crippen molar-refractivity contribution in [3.63, 3.8) is 0 Å². The molecule has 3 rings (SSSR count). The third-order valence-corrected chi connectivity index (χ3v) is 5.35. The molecule has 9 heteroatoms. The fourth-order valence-electron chi connectivity index (χ4n) is 3.72. The Morgan fingerprint density at radius 3 is 2.47 bits per heavy atom. The number of esters is 2. The first kappa shape index (κ1) is 23.2. The van der Waals surface area contributed by atoms with Crippen LogP contribution in [0.1, 0.15) is 68.6 Å². The van der Waals surface area contributed by atoms with Gasteiger partial charge in [-0.25, -0.2) is 14.0 Å². The number of aromatic nitrogens is 1. The van der Waals surface area contributed by atoms with Crippen molar-refractivity contribution < 1.29 is 33.0 Å². The van der Waals surface area contributed by atoms with Crippen molar-refractivity contribution in [1.29, 1.82) is 0 Å². The number of carbonyl (C=O) groups excluding carboxylic acids is 4. The molecule has 0 bridgehead atoms. The van der Waals surface area contributed by atoms with E-state index in [1.165, 1.54) is 12.1 Å². The van der Waals surface area contributed by atoms with E-state index in [1.54, 1.807) is 20.8 Å². The molecule has 2 aromatic rings. The number of rotatable bonds is 5. The number of aromatic amines is 1. The molecular weight excluding hydrogens is 419 g/mol. The molecule has 0 spiro atoms. The molecule has 1 aromatic carbocycles. The number of imide groups is 1. The van der Waals surface area contributed by atoms with Crippen LogP contribution in [-0.2, 0) is 14.3 Å². The van der Waals surface area contributed by atoms with Crippen LogP contribution in [0.15, 0.2) is 24.3 Å². The lowest BCUT2D eigenvalue weighted by molar-refractivity contribution is -0.137. The number of H-pyrrole nitrogens is 1. The highest BCUT2D eigenvalue weighted by atomic mass is 19.1. The summed E-state index contributed by atoms with van der Waals surface area (Å²) in [4.78, 5) is 54.7. The number of hydrogen-bond acceptors (Lipinski definition) is 6. The Balaban J connectivity index is 1.79. The number of nitrogens with zero attached hydrogens (tertiary/aromatic N) is 1. The lowest BCUT2D eigenvalue weighted by Crippen LogP contribution is -2.43. The predicted molar refractivity (Wildman–Crippen MR) is 112 cm³/mol. The van der Waals surface area contributed by atoms with Crippen LogP contribution in [0.4, 0.5) is 4.39 Å². The first-order chi connectivity index (χ1) is 15.2. The van der Waals surface area contributed by atoms with Gasteiger partial charge in [0.25, 0.3) is 11.8 Å². The number of hydrogen-bond donors (Lipinski definition) is 1. The molecule has 0 aliphatic carbocycles. The molecule has 0 saturated carbocycles. The highest BCUT2D eigenvalue weighted by molar-refractivity contribution is 6.06. The number of ether oxygens (including phenoxy) is 2. The summed E-state index contributed by atoms with van der Waals surface area (Å²) in [5.41, 5.74) is 1.29. The minimum Gasteiger partial charge on any atom is -0.462 e. The summed E-state index contributed by atoms with van der Waals surface area (Å²) in [6.07, 6.45) is 0.249. The van der Waals surface area contributed by atoms with Crippen molar-refractivity contribution in [2.24, 2.45) is 0 Å². The van der Waals surface area contributed by atoms with E-state index in [9.17, 15) is 23.6 Å². The Morgan fingerprint density at radius 1 is 1.12 bits per heavy atom. The summed E-state index contributed by atoms with van der Waals surface area (Å²) in [6.45, 7) is 5.27. The van der Waals surface area contributed by atoms with Crippen LogP contribution in [0.3, 0.4) is 0 Å². The Morgan fingerprint density at radius 2 is 1.81 bits per heavy atom. The second kappa shape index (κ2) is 9.76. The topological polar surface area (TPSA) is 106 Å². The van der Waals surface area contributed by atoms with Crippen LogP contribution >= 0.6 is 0 Å². The maximum atomic E-state index is 13.2. The normalized spacial score (nSPS) is 16.4. The first-order valence-electron chi connectivity index (χ1n) is 10.4. The Labute approximate surface area is 184 Å². The number of carbonyl (C=O) groups is 4. The minimum absolute atomic E-state index is 0.0546. The van der Waals surface area contributed by atoms with Gasteiger partial charge in [-0.2, -0.15) is 0 Å².